The molecule has 114 valence electrons. The first-order chi connectivity index (χ1) is 9.92. The number of hydrogen-bond acceptors (Lipinski definition) is 3. The number of carboxylic acids is 1. The summed E-state index contributed by atoms with van der Waals surface area (Å²) in [4.78, 5) is 23.4. The Kier molecular flexibility index (Phi) is 5.96. The topological polar surface area (TPSA) is 75.6 Å². The molecule has 0 bridgehead atoms. The van der Waals surface area contributed by atoms with Crippen LogP contribution in [0.2, 0.25) is 0 Å². The first-order valence-corrected chi connectivity index (χ1v) is 6.82. The van der Waals surface area contributed by atoms with Gasteiger partial charge in [0.15, 0.2) is 0 Å². The number of carbonyl (C=O) groups excluding carboxylic acids is 1. The zero-order valence-electron chi connectivity index (χ0n) is 12.4. The zero-order valence-corrected chi connectivity index (χ0v) is 12.4. The molecular formula is C16H21NO4. The van der Waals surface area contributed by atoms with Gasteiger partial charge in [-0.3, -0.25) is 4.79 Å². The number of ether oxygens (including phenoxy) is 1. The van der Waals surface area contributed by atoms with Gasteiger partial charge in [-0.05, 0) is 37.6 Å². The van der Waals surface area contributed by atoms with Crippen LogP contribution in [0.15, 0.2) is 36.9 Å². The fraction of sp³-hybridized carbons (Fsp3) is 0.375. The molecule has 0 aliphatic carbocycles. The lowest BCUT2D eigenvalue weighted by molar-refractivity contribution is -0.144. The molecule has 1 amide bonds. The molecule has 2 N–H and O–H groups in total. The Morgan fingerprint density at radius 3 is 2.48 bits per heavy atom. The van der Waals surface area contributed by atoms with Gasteiger partial charge >= 0.3 is 5.97 Å². The molecule has 0 spiro atoms. The van der Waals surface area contributed by atoms with Gasteiger partial charge in [0, 0.05) is 5.56 Å². The molecule has 1 aromatic rings. The van der Waals surface area contributed by atoms with Crippen LogP contribution in [-0.2, 0) is 4.79 Å². The number of nitrogens with one attached hydrogen (secondary N) is 1. The number of amides is 1. The summed E-state index contributed by atoms with van der Waals surface area (Å²) in [5, 5.41) is 11.8. The van der Waals surface area contributed by atoms with Crippen LogP contribution < -0.4 is 10.1 Å². The van der Waals surface area contributed by atoms with Gasteiger partial charge in [0.2, 0.25) is 0 Å². The third-order valence-electron chi connectivity index (χ3n) is 3.10. The molecule has 1 aromatic carbocycles. The van der Waals surface area contributed by atoms with Crippen molar-refractivity contribution in [3.8, 4) is 5.75 Å². The standard InChI is InChI=1S/C16H21NO4/c1-4-10-16(3,15(19)20)17-14(18)12-6-8-13(9-7-12)21-11-5-2/h5-9H,2,4,10-11H2,1,3H3,(H,17,18)(H,19,20). The lowest BCUT2D eigenvalue weighted by Gasteiger charge is -2.25. The molecule has 0 aromatic heterocycles. The highest BCUT2D eigenvalue weighted by Crippen LogP contribution is 2.16. The SMILES string of the molecule is C=CCOc1ccc(C(=O)NC(C)(CCC)C(=O)O)cc1. The molecule has 0 aliphatic heterocycles. The van der Waals surface area contributed by atoms with Crippen molar-refractivity contribution in [2.24, 2.45) is 0 Å². The van der Waals surface area contributed by atoms with Gasteiger partial charge in [0.25, 0.3) is 5.91 Å². The summed E-state index contributed by atoms with van der Waals surface area (Å²) in [6.45, 7) is 7.33. The average molecular weight is 291 g/mol. The van der Waals surface area contributed by atoms with Crippen LogP contribution in [0, 0.1) is 0 Å². The molecule has 1 rings (SSSR count). The highest BCUT2D eigenvalue weighted by atomic mass is 16.5. The quantitative estimate of drug-likeness (QED) is 0.722. The van der Waals surface area contributed by atoms with Crippen molar-refractivity contribution in [3.63, 3.8) is 0 Å². The fourth-order valence-corrected chi connectivity index (χ4v) is 1.90. The van der Waals surface area contributed by atoms with Crippen molar-refractivity contribution >= 4 is 11.9 Å². The van der Waals surface area contributed by atoms with E-state index in [1.807, 2.05) is 6.92 Å². The third kappa shape index (κ3) is 4.63. The number of hydrogen-bond donors (Lipinski definition) is 2. The highest BCUT2D eigenvalue weighted by Gasteiger charge is 2.33. The van der Waals surface area contributed by atoms with Crippen LogP contribution in [0.1, 0.15) is 37.0 Å². The van der Waals surface area contributed by atoms with Gasteiger partial charge in [-0.2, -0.15) is 0 Å². The number of benzene rings is 1. The Bertz CT molecular complexity index is 510. The predicted octanol–water partition coefficient (Wildman–Crippen LogP) is 2.62. The maximum atomic E-state index is 12.1. The largest absolute Gasteiger partial charge is 0.490 e. The lowest BCUT2D eigenvalue weighted by Crippen LogP contribution is -2.52. The Morgan fingerprint density at radius 2 is 2.00 bits per heavy atom. The number of carbonyl (C=O) groups is 2. The summed E-state index contributed by atoms with van der Waals surface area (Å²) in [5.41, 5.74) is -0.867. The Balaban J connectivity index is 2.78. The van der Waals surface area contributed by atoms with E-state index < -0.39 is 17.4 Å². The summed E-state index contributed by atoms with van der Waals surface area (Å²) < 4.78 is 5.32. The third-order valence-corrected chi connectivity index (χ3v) is 3.10. The summed E-state index contributed by atoms with van der Waals surface area (Å²) in [5.74, 6) is -0.826. The Labute approximate surface area is 124 Å². The maximum absolute atomic E-state index is 12.1. The van der Waals surface area contributed by atoms with Crippen molar-refractivity contribution in [1.82, 2.24) is 5.32 Å². The van der Waals surface area contributed by atoms with E-state index in [1.165, 1.54) is 6.92 Å². The molecule has 5 heteroatoms. The normalized spacial score (nSPS) is 13.0. The molecule has 0 aliphatic rings. The minimum Gasteiger partial charge on any atom is -0.490 e. The number of rotatable bonds is 8. The van der Waals surface area contributed by atoms with Crippen LogP contribution in [0.25, 0.3) is 0 Å². The minimum atomic E-state index is -1.26. The second-order valence-corrected chi connectivity index (χ2v) is 4.97. The molecular weight excluding hydrogens is 270 g/mol. The second kappa shape index (κ2) is 7.47. The van der Waals surface area contributed by atoms with E-state index in [4.69, 9.17) is 4.74 Å². The molecule has 1 atom stereocenters. The Hall–Kier alpha value is -2.30. The lowest BCUT2D eigenvalue weighted by atomic mass is 9.96. The summed E-state index contributed by atoms with van der Waals surface area (Å²) >= 11 is 0. The van der Waals surface area contributed by atoms with E-state index in [2.05, 4.69) is 11.9 Å². The molecule has 0 heterocycles. The first kappa shape index (κ1) is 16.8. The predicted molar refractivity (Wildman–Crippen MR) is 80.5 cm³/mol. The van der Waals surface area contributed by atoms with Gasteiger partial charge < -0.3 is 15.2 Å². The zero-order chi connectivity index (χ0) is 15.9. The first-order valence-electron chi connectivity index (χ1n) is 6.82. The van der Waals surface area contributed by atoms with Crippen LogP contribution in [0.3, 0.4) is 0 Å². The second-order valence-electron chi connectivity index (χ2n) is 4.97. The van der Waals surface area contributed by atoms with Crippen molar-refractivity contribution < 1.29 is 19.4 Å². The van der Waals surface area contributed by atoms with Gasteiger partial charge in [0.05, 0.1) is 0 Å². The number of aliphatic carboxylic acids is 1. The van der Waals surface area contributed by atoms with Gasteiger partial charge in [-0.1, -0.05) is 26.0 Å². The molecule has 21 heavy (non-hydrogen) atoms. The molecule has 0 saturated heterocycles. The van der Waals surface area contributed by atoms with E-state index in [-0.39, 0.29) is 0 Å². The average Bonchev–Trinajstić information content (AvgIpc) is 2.45. The van der Waals surface area contributed by atoms with Crippen molar-refractivity contribution in [3.05, 3.63) is 42.5 Å². The van der Waals surface area contributed by atoms with Gasteiger partial charge in [-0.15, -0.1) is 0 Å². The van der Waals surface area contributed by atoms with E-state index in [0.717, 1.165) is 0 Å². The molecule has 0 fully saturated rings. The smallest absolute Gasteiger partial charge is 0.329 e. The molecule has 1 unspecified atom stereocenters. The fourth-order valence-electron chi connectivity index (χ4n) is 1.90. The van der Waals surface area contributed by atoms with E-state index in [9.17, 15) is 14.7 Å². The van der Waals surface area contributed by atoms with Crippen LogP contribution in [0.4, 0.5) is 0 Å². The highest BCUT2D eigenvalue weighted by molar-refractivity contribution is 5.97. The van der Waals surface area contributed by atoms with Crippen LogP contribution >= 0.6 is 0 Å². The minimum absolute atomic E-state index is 0.370. The van der Waals surface area contributed by atoms with Crippen molar-refractivity contribution in [1.29, 1.82) is 0 Å². The maximum Gasteiger partial charge on any atom is 0.329 e. The molecule has 5 nitrogen and oxygen atoms in total. The molecule has 0 radical (unpaired) electrons. The van der Waals surface area contributed by atoms with Crippen LogP contribution in [0.5, 0.6) is 5.75 Å². The summed E-state index contributed by atoms with van der Waals surface area (Å²) in [6, 6.07) is 6.52. The van der Waals surface area contributed by atoms with E-state index in [0.29, 0.717) is 30.8 Å². The van der Waals surface area contributed by atoms with E-state index in [1.54, 1.807) is 30.3 Å². The summed E-state index contributed by atoms with van der Waals surface area (Å²) in [6.07, 6.45) is 2.66. The Morgan fingerprint density at radius 1 is 1.38 bits per heavy atom. The van der Waals surface area contributed by atoms with Crippen molar-refractivity contribution in [2.75, 3.05) is 6.61 Å². The van der Waals surface area contributed by atoms with E-state index >= 15 is 0 Å². The molecule has 0 saturated carbocycles. The van der Waals surface area contributed by atoms with Gasteiger partial charge in [0.1, 0.15) is 17.9 Å². The van der Waals surface area contributed by atoms with Crippen molar-refractivity contribution in [2.45, 2.75) is 32.2 Å². The monoisotopic (exact) mass is 291 g/mol. The van der Waals surface area contributed by atoms with Gasteiger partial charge in [-0.25, -0.2) is 4.79 Å². The van der Waals surface area contributed by atoms with Crippen LogP contribution in [-0.4, -0.2) is 29.1 Å². The summed E-state index contributed by atoms with van der Waals surface area (Å²) in [7, 11) is 0. The number of carboxylic acid groups (broad SMARTS) is 1.